The third-order valence-electron chi connectivity index (χ3n) is 2.70. The fourth-order valence-electron chi connectivity index (χ4n) is 1.81. The van der Waals surface area contributed by atoms with Gasteiger partial charge in [0.05, 0.1) is 0 Å². The first-order valence-electron chi connectivity index (χ1n) is 5.75. The van der Waals surface area contributed by atoms with E-state index in [4.69, 9.17) is 0 Å². The Hall–Kier alpha value is -1.60. The van der Waals surface area contributed by atoms with Crippen LogP contribution >= 0.6 is 15.9 Å². The van der Waals surface area contributed by atoms with E-state index < -0.39 is 24.0 Å². The summed E-state index contributed by atoms with van der Waals surface area (Å²) in [5.41, 5.74) is 0.164. The fourth-order valence-corrected chi connectivity index (χ4v) is 2.38. The van der Waals surface area contributed by atoms with Crippen molar-refractivity contribution in [2.24, 2.45) is 0 Å². The Balaban J connectivity index is 2.41. The van der Waals surface area contributed by atoms with Crippen LogP contribution in [0.5, 0.6) is 5.75 Å². The van der Waals surface area contributed by atoms with Crippen molar-refractivity contribution in [1.29, 1.82) is 0 Å². The minimum Gasteiger partial charge on any atom is -0.405 e. The first-order valence-corrected chi connectivity index (χ1v) is 6.55. The van der Waals surface area contributed by atoms with Gasteiger partial charge in [-0.05, 0) is 23.8 Å². The zero-order chi connectivity index (χ0) is 15.6. The summed E-state index contributed by atoms with van der Waals surface area (Å²) >= 11 is 3.07. The van der Waals surface area contributed by atoms with E-state index in [9.17, 15) is 22.7 Å². The molecule has 2 aromatic carbocycles. The van der Waals surface area contributed by atoms with Crippen LogP contribution in [0, 0.1) is 5.82 Å². The van der Waals surface area contributed by atoms with Crippen LogP contribution in [0.1, 0.15) is 17.2 Å². The van der Waals surface area contributed by atoms with Gasteiger partial charge in [-0.25, -0.2) is 4.39 Å². The van der Waals surface area contributed by atoms with E-state index in [1.165, 1.54) is 24.3 Å². The van der Waals surface area contributed by atoms with Crippen LogP contribution in [0.2, 0.25) is 0 Å². The molecular formula is C14H9BrF4O2. The van der Waals surface area contributed by atoms with Crippen molar-refractivity contribution >= 4 is 15.9 Å². The van der Waals surface area contributed by atoms with Crippen LogP contribution in [0.15, 0.2) is 46.9 Å². The molecule has 0 aliphatic carbocycles. The van der Waals surface area contributed by atoms with Crippen molar-refractivity contribution in [1.82, 2.24) is 0 Å². The van der Waals surface area contributed by atoms with E-state index in [1.54, 1.807) is 0 Å². The highest BCUT2D eigenvalue weighted by Crippen LogP contribution is 2.35. The largest absolute Gasteiger partial charge is 0.573 e. The summed E-state index contributed by atoms with van der Waals surface area (Å²) in [4.78, 5) is 0. The molecule has 112 valence electrons. The Kier molecular flexibility index (Phi) is 4.53. The molecule has 0 heterocycles. The van der Waals surface area contributed by atoms with E-state index in [-0.39, 0.29) is 15.6 Å². The second-order valence-corrected chi connectivity index (χ2v) is 5.01. The van der Waals surface area contributed by atoms with Gasteiger partial charge in [-0.2, -0.15) is 0 Å². The molecule has 0 fully saturated rings. The molecule has 0 saturated carbocycles. The SMILES string of the molecule is OC(c1ccc(F)cc1Br)c1ccccc1OC(F)(F)F. The standard InChI is InChI=1S/C14H9BrF4O2/c15-11-7-8(16)5-6-9(11)13(20)10-3-1-2-4-12(10)21-14(17,18)19/h1-7,13,20H. The van der Waals surface area contributed by atoms with Gasteiger partial charge in [0.2, 0.25) is 0 Å². The average molecular weight is 365 g/mol. The van der Waals surface area contributed by atoms with E-state index in [2.05, 4.69) is 20.7 Å². The number of para-hydroxylation sites is 1. The van der Waals surface area contributed by atoms with Crippen molar-refractivity contribution in [2.45, 2.75) is 12.5 Å². The van der Waals surface area contributed by atoms with Crippen LogP contribution in [-0.2, 0) is 0 Å². The Morgan fingerprint density at radius 3 is 2.33 bits per heavy atom. The number of alkyl halides is 3. The monoisotopic (exact) mass is 364 g/mol. The average Bonchev–Trinajstić information content (AvgIpc) is 2.36. The number of benzene rings is 2. The molecule has 21 heavy (non-hydrogen) atoms. The predicted octanol–water partition coefficient (Wildman–Crippen LogP) is 4.57. The van der Waals surface area contributed by atoms with Crippen molar-refractivity contribution < 1.29 is 27.4 Å². The molecule has 1 atom stereocenters. The summed E-state index contributed by atoms with van der Waals surface area (Å²) in [6.45, 7) is 0. The van der Waals surface area contributed by atoms with E-state index >= 15 is 0 Å². The van der Waals surface area contributed by atoms with Gasteiger partial charge in [0, 0.05) is 10.0 Å². The lowest BCUT2D eigenvalue weighted by molar-refractivity contribution is -0.275. The minimum absolute atomic E-state index is 0.0675. The Labute approximate surface area is 126 Å². The van der Waals surface area contributed by atoms with Crippen LogP contribution < -0.4 is 4.74 Å². The Morgan fingerprint density at radius 2 is 1.71 bits per heavy atom. The van der Waals surface area contributed by atoms with E-state index in [0.717, 1.165) is 18.2 Å². The molecule has 2 nitrogen and oxygen atoms in total. The third-order valence-corrected chi connectivity index (χ3v) is 3.38. The highest BCUT2D eigenvalue weighted by molar-refractivity contribution is 9.10. The first kappa shape index (κ1) is 15.8. The summed E-state index contributed by atoms with van der Waals surface area (Å²) < 4.78 is 54.2. The smallest absolute Gasteiger partial charge is 0.405 e. The summed E-state index contributed by atoms with van der Waals surface area (Å²) in [5, 5.41) is 10.2. The summed E-state index contributed by atoms with van der Waals surface area (Å²) in [7, 11) is 0. The van der Waals surface area contributed by atoms with Gasteiger partial charge in [-0.1, -0.05) is 40.2 Å². The molecule has 0 aliphatic rings. The first-order chi connectivity index (χ1) is 9.78. The zero-order valence-corrected chi connectivity index (χ0v) is 12.0. The predicted molar refractivity (Wildman–Crippen MR) is 71.3 cm³/mol. The molecule has 0 bridgehead atoms. The maximum atomic E-state index is 13.0. The molecule has 0 aliphatic heterocycles. The molecule has 2 rings (SSSR count). The van der Waals surface area contributed by atoms with E-state index in [0.29, 0.717) is 0 Å². The van der Waals surface area contributed by atoms with Crippen molar-refractivity contribution in [3.63, 3.8) is 0 Å². The van der Waals surface area contributed by atoms with Gasteiger partial charge in [0.1, 0.15) is 17.7 Å². The Morgan fingerprint density at radius 1 is 1.05 bits per heavy atom. The lowest BCUT2D eigenvalue weighted by Crippen LogP contribution is -2.19. The van der Waals surface area contributed by atoms with Crippen molar-refractivity contribution in [3.8, 4) is 5.75 Å². The Bertz CT molecular complexity index is 643. The summed E-state index contributed by atoms with van der Waals surface area (Å²) in [6, 6.07) is 8.75. The van der Waals surface area contributed by atoms with E-state index in [1.807, 2.05) is 0 Å². The fraction of sp³-hybridized carbons (Fsp3) is 0.143. The van der Waals surface area contributed by atoms with Gasteiger partial charge in [-0.15, -0.1) is 13.2 Å². The van der Waals surface area contributed by atoms with Gasteiger partial charge in [-0.3, -0.25) is 0 Å². The van der Waals surface area contributed by atoms with Crippen LogP contribution in [0.3, 0.4) is 0 Å². The molecule has 1 N–H and O–H groups in total. The van der Waals surface area contributed by atoms with Gasteiger partial charge < -0.3 is 9.84 Å². The van der Waals surface area contributed by atoms with Crippen LogP contribution in [0.4, 0.5) is 17.6 Å². The van der Waals surface area contributed by atoms with Crippen LogP contribution in [-0.4, -0.2) is 11.5 Å². The lowest BCUT2D eigenvalue weighted by atomic mass is 10.0. The number of aliphatic hydroxyl groups excluding tert-OH is 1. The summed E-state index contributed by atoms with van der Waals surface area (Å²) in [5.74, 6) is -1.04. The maximum Gasteiger partial charge on any atom is 0.573 e. The van der Waals surface area contributed by atoms with Crippen molar-refractivity contribution in [2.75, 3.05) is 0 Å². The number of aliphatic hydroxyl groups is 1. The number of rotatable bonds is 3. The number of halogens is 5. The molecule has 2 aromatic rings. The third kappa shape index (κ3) is 3.95. The molecular weight excluding hydrogens is 356 g/mol. The maximum absolute atomic E-state index is 13.0. The van der Waals surface area contributed by atoms with Crippen molar-refractivity contribution in [3.05, 3.63) is 63.9 Å². The normalized spacial score (nSPS) is 13.0. The molecule has 0 amide bonds. The second-order valence-electron chi connectivity index (χ2n) is 4.15. The topological polar surface area (TPSA) is 29.5 Å². The molecule has 7 heteroatoms. The number of hydrogen-bond donors (Lipinski definition) is 1. The summed E-state index contributed by atoms with van der Waals surface area (Å²) in [6.07, 6.45) is -6.26. The number of ether oxygens (including phenoxy) is 1. The second kappa shape index (κ2) is 6.03. The molecule has 1 unspecified atom stereocenters. The van der Waals surface area contributed by atoms with Gasteiger partial charge in [0.15, 0.2) is 0 Å². The highest BCUT2D eigenvalue weighted by atomic mass is 79.9. The van der Waals surface area contributed by atoms with Gasteiger partial charge >= 0.3 is 6.36 Å². The number of hydrogen-bond acceptors (Lipinski definition) is 2. The lowest BCUT2D eigenvalue weighted by Gasteiger charge is -2.18. The van der Waals surface area contributed by atoms with Crippen LogP contribution in [0.25, 0.3) is 0 Å². The highest BCUT2D eigenvalue weighted by Gasteiger charge is 2.33. The molecule has 0 spiro atoms. The molecule has 0 aromatic heterocycles. The van der Waals surface area contributed by atoms with Gasteiger partial charge in [0.25, 0.3) is 0 Å². The quantitative estimate of drug-likeness (QED) is 0.808. The molecule has 0 radical (unpaired) electrons. The molecule has 0 saturated heterocycles. The zero-order valence-electron chi connectivity index (χ0n) is 10.4. The minimum atomic E-state index is -4.87.